The molecule has 4 N–H and O–H groups in total. The first-order valence-corrected chi connectivity index (χ1v) is 9.24. The van der Waals surface area contributed by atoms with Crippen LogP contribution in [0.5, 0.6) is 0 Å². The van der Waals surface area contributed by atoms with Crippen LogP contribution < -0.4 is 11.1 Å². The fourth-order valence-electron chi connectivity index (χ4n) is 2.84. The Labute approximate surface area is 168 Å². The van der Waals surface area contributed by atoms with Gasteiger partial charge in [0.15, 0.2) is 0 Å². The van der Waals surface area contributed by atoms with Crippen molar-refractivity contribution < 1.29 is 29.2 Å². The minimum Gasteiger partial charge on any atom is -0.466 e. The molecular weight excluding hydrogens is 382 g/mol. The minimum atomic E-state index is -1.35. The van der Waals surface area contributed by atoms with E-state index in [4.69, 9.17) is 10.5 Å². The van der Waals surface area contributed by atoms with Crippen molar-refractivity contribution in [3.8, 4) is 0 Å². The highest BCUT2D eigenvalue weighted by molar-refractivity contribution is 5.89. The van der Waals surface area contributed by atoms with Gasteiger partial charge in [-0.15, -0.1) is 0 Å². The van der Waals surface area contributed by atoms with Crippen LogP contribution in [0, 0.1) is 16.0 Å². The molecule has 0 heterocycles. The lowest BCUT2D eigenvalue weighted by atomic mass is 9.87. The number of benzene rings is 1. The summed E-state index contributed by atoms with van der Waals surface area (Å²) in [7, 11) is 0. The summed E-state index contributed by atoms with van der Waals surface area (Å²) < 4.78 is 4.93. The number of amides is 2. The molecule has 0 aliphatic heterocycles. The number of rotatable bonds is 11. The standard InChI is InChI=1S/C19H27N3O7/c1-4-29-16(24)10-14(12-5-7-13(8-6-12)22(27)28)17(18(20)25)21-19(26)15(23)9-11(2)3/h5-8,11,14-15,17,23H,4,9-10H2,1-3H3,(H2,20,25)(H,21,26)/t14-,15-,17+/m1/s1. The summed E-state index contributed by atoms with van der Waals surface area (Å²) >= 11 is 0. The average molecular weight is 409 g/mol. The molecule has 160 valence electrons. The van der Waals surface area contributed by atoms with E-state index in [1.807, 2.05) is 13.8 Å². The normalized spacial score (nSPS) is 14.0. The van der Waals surface area contributed by atoms with Crippen LogP contribution in [0.4, 0.5) is 5.69 Å². The van der Waals surface area contributed by atoms with Gasteiger partial charge in [0.1, 0.15) is 12.1 Å². The lowest BCUT2D eigenvalue weighted by Crippen LogP contribution is -2.51. The number of carbonyl (C=O) groups is 3. The van der Waals surface area contributed by atoms with E-state index in [9.17, 15) is 29.6 Å². The summed E-state index contributed by atoms with van der Waals surface area (Å²) in [5, 5.41) is 23.3. The number of nitrogens with one attached hydrogen (secondary N) is 1. The van der Waals surface area contributed by atoms with Gasteiger partial charge < -0.3 is 20.9 Å². The molecule has 0 aromatic heterocycles. The van der Waals surface area contributed by atoms with Crippen molar-refractivity contribution in [3.63, 3.8) is 0 Å². The molecule has 10 nitrogen and oxygen atoms in total. The number of aliphatic hydroxyl groups is 1. The Morgan fingerprint density at radius 2 is 1.83 bits per heavy atom. The molecule has 1 aromatic carbocycles. The molecule has 0 spiro atoms. The molecule has 10 heteroatoms. The molecule has 1 rings (SSSR count). The Morgan fingerprint density at radius 1 is 1.24 bits per heavy atom. The first-order valence-electron chi connectivity index (χ1n) is 9.24. The van der Waals surface area contributed by atoms with Crippen LogP contribution in [0.3, 0.4) is 0 Å². The Balaban J connectivity index is 3.20. The number of non-ortho nitro benzene ring substituents is 1. The molecule has 0 radical (unpaired) electrons. The molecule has 0 fully saturated rings. The molecule has 0 bridgehead atoms. The van der Waals surface area contributed by atoms with Gasteiger partial charge >= 0.3 is 5.97 Å². The monoisotopic (exact) mass is 409 g/mol. The second kappa shape index (κ2) is 11.1. The number of nitro groups is 1. The van der Waals surface area contributed by atoms with Crippen LogP contribution >= 0.6 is 0 Å². The van der Waals surface area contributed by atoms with Gasteiger partial charge in [-0.3, -0.25) is 24.5 Å². The number of nitrogens with zero attached hydrogens (tertiary/aromatic N) is 1. The minimum absolute atomic E-state index is 0.0350. The van der Waals surface area contributed by atoms with E-state index in [0.717, 1.165) is 0 Å². The zero-order valence-corrected chi connectivity index (χ0v) is 16.7. The number of esters is 1. The van der Waals surface area contributed by atoms with Gasteiger partial charge in [0.25, 0.3) is 5.69 Å². The number of nitro benzene ring substituents is 1. The first-order chi connectivity index (χ1) is 13.6. The van der Waals surface area contributed by atoms with Gasteiger partial charge in [0, 0.05) is 18.1 Å². The Morgan fingerprint density at radius 3 is 2.28 bits per heavy atom. The van der Waals surface area contributed by atoms with E-state index in [0.29, 0.717) is 5.56 Å². The van der Waals surface area contributed by atoms with Crippen molar-refractivity contribution in [2.24, 2.45) is 11.7 Å². The third-order valence-electron chi connectivity index (χ3n) is 4.23. The van der Waals surface area contributed by atoms with Crippen molar-refractivity contribution >= 4 is 23.5 Å². The molecule has 0 aliphatic carbocycles. The van der Waals surface area contributed by atoms with Crippen molar-refractivity contribution in [1.82, 2.24) is 5.32 Å². The molecule has 1 aromatic rings. The summed E-state index contributed by atoms with van der Waals surface area (Å²) in [4.78, 5) is 46.7. The van der Waals surface area contributed by atoms with Crippen LogP contribution in [-0.4, -0.2) is 46.6 Å². The van der Waals surface area contributed by atoms with Gasteiger partial charge in [-0.2, -0.15) is 0 Å². The van der Waals surface area contributed by atoms with E-state index in [-0.39, 0.29) is 31.1 Å². The molecule has 0 aliphatic rings. The highest BCUT2D eigenvalue weighted by Gasteiger charge is 2.33. The SMILES string of the molecule is CCOC(=O)C[C@H](c1ccc([N+](=O)[O-])cc1)[C@H](NC(=O)[C@H](O)CC(C)C)C(N)=O. The van der Waals surface area contributed by atoms with Gasteiger partial charge in [-0.1, -0.05) is 26.0 Å². The summed E-state index contributed by atoms with van der Waals surface area (Å²) in [6.45, 7) is 5.38. The Kier molecular flexibility index (Phi) is 9.20. The van der Waals surface area contributed by atoms with E-state index < -0.39 is 40.8 Å². The fourth-order valence-corrected chi connectivity index (χ4v) is 2.84. The maximum Gasteiger partial charge on any atom is 0.306 e. The average Bonchev–Trinajstić information content (AvgIpc) is 2.63. The maximum absolute atomic E-state index is 12.3. The second-order valence-electron chi connectivity index (χ2n) is 7.00. The number of hydrogen-bond donors (Lipinski definition) is 3. The smallest absolute Gasteiger partial charge is 0.306 e. The lowest BCUT2D eigenvalue weighted by Gasteiger charge is -2.26. The number of carbonyl (C=O) groups excluding carboxylic acids is 3. The molecular formula is C19H27N3O7. The highest BCUT2D eigenvalue weighted by atomic mass is 16.6. The summed E-state index contributed by atoms with van der Waals surface area (Å²) in [6.07, 6.45) is -1.46. The van der Waals surface area contributed by atoms with Crippen molar-refractivity contribution in [2.75, 3.05) is 6.61 Å². The molecule has 29 heavy (non-hydrogen) atoms. The van der Waals surface area contributed by atoms with E-state index in [2.05, 4.69) is 5.32 Å². The Hall–Kier alpha value is -3.01. The third-order valence-corrected chi connectivity index (χ3v) is 4.23. The van der Waals surface area contributed by atoms with Crippen LogP contribution in [0.1, 0.15) is 45.1 Å². The summed E-state index contributed by atoms with van der Waals surface area (Å²) in [5.41, 5.74) is 5.67. The van der Waals surface area contributed by atoms with Crippen molar-refractivity contribution in [3.05, 3.63) is 39.9 Å². The van der Waals surface area contributed by atoms with Gasteiger partial charge in [-0.05, 0) is 24.8 Å². The van der Waals surface area contributed by atoms with Gasteiger partial charge in [-0.25, -0.2) is 0 Å². The number of ether oxygens (including phenoxy) is 1. The Bertz CT molecular complexity index is 734. The van der Waals surface area contributed by atoms with Crippen molar-refractivity contribution in [1.29, 1.82) is 0 Å². The van der Waals surface area contributed by atoms with Gasteiger partial charge in [0.05, 0.1) is 18.0 Å². The zero-order valence-electron chi connectivity index (χ0n) is 16.7. The highest BCUT2D eigenvalue weighted by Crippen LogP contribution is 2.27. The molecule has 3 atom stereocenters. The third kappa shape index (κ3) is 7.49. The number of primary amides is 1. The number of aliphatic hydroxyl groups excluding tert-OH is 1. The zero-order chi connectivity index (χ0) is 22.1. The topological polar surface area (TPSA) is 162 Å². The first kappa shape index (κ1) is 24.0. The van der Waals surface area contributed by atoms with E-state index >= 15 is 0 Å². The number of hydrogen-bond acceptors (Lipinski definition) is 7. The lowest BCUT2D eigenvalue weighted by molar-refractivity contribution is -0.384. The largest absolute Gasteiger partial charge is 0.466 e. The van der Waals surface area contributed by atoms with Crippen LogP contribution in [0.15, 0.2) is 24.3 Å². The predicted octanol–water partition coefficient (Wildman–Crippen LogP) is 1.01. The molecule has 0 saturated heterocycles. The predicted molar refractivity (Wildman–Crippen MR) is 104 cm³/mol. The second-order valence-corrected chi connectivity index (χ2v) is 7.00. The van der Waals surface area contributed by atoms with Gasteiger partial charge in [0.2, 0.25) is 11.8 Å². The molecule has 0 unspecified atom stereocenters. The van der Waals surface area contributed by atoms with Crippen LogP contribution in [0.25, 0.3) is 0 Å². The molecule has 2 amide bonds. The fraction of sp³-hybridized carbons (Fsp3) is 0.526. The van der Waals surface area contributed by atoms with Crippen LogP contribution in [0.2, 0.25) is 0 Å². The number of nitrogens with two attached hydrogens (primary N) is 1. The molecule has 0 saturated carbocycles. The summed E-state index contributed by atoms with van der Waals surface area (Å²) in [5.74, 6) is -3.23. The van der Waals surface area contributed by atoms with Crippen molar-refractivity contribution in [2.45, 2.75) is 51.7 Å². The summed E-state index contributed by atoms with van der Waals surface area (Å²) in [6, 6.07) is 3.89. The van der Waals surface area contributed by atoms with E-state index in [1.54, 1.807) is 6.92 Å². The van der Waals surface area contributed by atoms with Crippen LogP contribution in [-0.2, 0) is 19.1 Å². The maximum atomic E-state index is 12.3. The quantitative estimate of drug-likeness (QED) is 0.279. The van der Waals surface area contributed by atoms with E-state index in [1.165, 1.54) is 24.3 Å².